The van der Waals surface area contributed by atoms with Crippen molar-refractivity contribution in [2.45, 2.75) is 38.1 Å². The predicted molar refractivity (Wildman–Crippen MR) is 78.4 cm³/mol. The van der Waals surface area contributed by atoms with E-state index < -0.39 is 5.41 Å². The second-order valence-electron chi connectivity index (χ2n) is 5.23. The van der Waals surface area contributed by atoms with Crippen molar-refractivity contribution in [1.29, 1.82) is 0 Å². The molecule has 0 aromatic carbocycles. The molecule has 1 saturated heterocycles. The summed E-state index contributed by atoms with van der Waals surface area (Å²) < 4.78 is 0. The van der Waals surface area contributed by atoms with Gasteiger partial charge in [0.2, 0.25) is 5.91 Å². The van der Waals surface area contributed by atoms with E-state index in [-0.39, 0.29) is 24.4 Å². The third-order valence-electron chi connectivity index (χ3n) is 3.50. The Balaban J connectivity index is 0.00000162. The van der Waals surface area contributed by atoms with Crippen molar-refractivity contribution >= 4 is 29.7 Å². The smallest absolute Gasteiger partial charge is 0.233 e. The minimum Gasteiger partial charge on any atom is -0.342 e. The minimum atomic E-state index is -0.407. The van der Waals surface area contributed by atoms with Crippen LogP contribution in [0.4, 0.5) is 0 Å². The summed E-state index contributed by atoms with van der Waals surface area (Å²) in [5.41, 5.74) is 5.46. The first kappa shape index (κ1) is 15.5. The standard InChI is InChI=1S/C13H20N2OS.ClH/c1-13(2,11-4-3-9-17-11)12(16)15-7-5-10(14)6-8-15;/h3-4,9-10H,5-8,14H2,1-2H3;1H. The SMILES string of the molecule is CC(C)(C(=O)N1CCC(N)CC1)c1cccs1.Cl. The summed E-state index contributed by atoms with van der Waals surface area (Å²) in [4.78, 5) is 15.6. The van der Waals surface area contributed by atoms with E-state index in [1.165, 1.54) is 0 Å². The van der Waals surface area contributed by atoms with Crippen molar-refractivity contribution in [3.05, 3.63) is 22.4 Å². The lowest BCUT2D eigenvalue weighted by Crippen LogP contribution is -2.49. The predicted octanol–water partition coefficient (Wildman–Crippen LogP) is 2.40. The molecule has 3 nitrogen and oxygen atoms in total. The number of piperidine rings is 1. The summed E-state index contributed by atoms with van der Waals surface area (Å²) in [6, 6.07) is 4.31. The lowest BCUT2D eigenvalue weighted by molar-refractivity contribution is -0.137. The first-order valence-electron chi connectivity index (χ1n) is 6.11. The Hall–Kier alpha value is -0.580. The third kappa shape index (κ3) is 3.05. The molecule has 0 radical (unpaired) electrons. The molecule has 1 aromatic heterocycles. The number of nitrogens with zero attached hydrogens (tertiary/aromatic N) is 1. The summed E-state index contributed by atoms with van der Waals surface area (Å²) >= 11 is 1.65. The monoisotopic (exact) mass is 288 g/mol. The van der Waals surface area contributed by atoms with E-state index in [2.05, 4.69) is 0 Å². The number of thiophene rings is 1. The van der Waals surface area contributed by atoms with Gasteiger partial charge in [0.15, 0.2) is 0 Å². The molecule has 2 rings (SSSR count). The average Bonchev–Trinajstić information content (AvgIpc) is 2.83. The molecule has 1 aliphatic heterocycles. The number of amides is 1. The molecule has 0 saturated carbocycles. The van der Waals surface area contributed by atoms with Gasteiger partial charge < -0.3 is 10.6 Å². The summed E-state index contributed by atoms with van der Waals surface area (Å²) in [5.74, 6) is 0.229. The molecule has 0 unspecified atom stereocenters. The Bertz CT molecular complexity index is 384. The maximum Gasteiger partial charge on any atom is 0.233 e. The molecule has 5 heteroatoms. The minimum absolute atomic E-state index is 0. The van der Waals surface area contributed by atoms with E-state index in [4.69, 9.17) is 5.73 Å². The van der Waals surface area contributed by atoms with E-state index in [1.54, 1.807) is 11.3 Å². The van der Waals surface area contributed by atoms with Gasteiger partial charge in [0.05, 0.1) is 5.41 Å². The fraction of sp³-hybridized carbons (Fsp3) is 0.615. The van der Waals surface area contributed by atoms with Crippen LogP contribution in [0.2, 0.25) is 0 Å². The molecule has 0 aliphatic carbocycles. The van der Waals surface area contributed by atoms with E-state index >= 15 is 0 Å². The Kier molecular flexibility index (Phi) is 5.20. The van der Waals surface area contributed by atoms with Crippen LogP contribution in [0.15, 0.2) is 17.5 Å². The molecule has 1 fully saturated rings. The van der Waals surface area contributed by atoms with Crippen LogP contribution in [0.3, 0.4) is 0 Å². The third-order valence-corrected chi connectivity index (χ3v) is 4.69. The highest BCUT2D eigenvalue weighted by molar-refractivity contribution is 7.10. The highest BCUT2D eigenvalue weighted by Gasteiger charge is 2.35. The van der Waals surface area contributed by atoms with Crippen molar-refractivity contribution in [1.82, 2.24) is 4.90 Å². The quantitative estimate of drug-likeness (QED) is 0.908. The molecule has 2 N–H and O–H groups in total. The Labute approximate surface area is 119 Å². The number of hydrogen-bond acceptors (Lipinski definition) is 3. The summed E-state index contributed by atoms with van der Waals surface area (Å²) in [7, 11) is 0. The largest absolute Gasteiger partial charge is 0.342 e. The van der Waals surface area contributed by atoms with E-state index in [1.807, 2.05) is 36.3 Å². The normalized spacial score (nSPS) is 17.4. The Morgan fingerprint density at radius 2 is 2.06 bits per heavy atom. The number of hydrogen-bond donors (Lipinski definition) is 1. The van der Waals surface area contributed by atoms with Crippen LogP contribution in [0.25, 0.3) is 0 Å². The van der Waals surface area contributed by atoms with Crippen LogP contribution < -0.4 is 5.73 Å². The molecule has 18 heavy (non-hydrogen) atoms. The van der Waals surface area contributed by atoms with Crippen molar-refractivity contribution < 1.29 is 4.79 Å². The highest BCUT2D eigenvalue weighted by Crippen LogP contribution is 2.30. The van der Waals surface area contributed by atoms with Crippen LogP contribution in [0, 0.1) is 0 Å². The number of carbonyl (C=O) groups is 1. The van der Waals surface area contributed by atoms with Crippen molar-refractivity contribution in [2.24, 2.45) is 5.73 Å². The highest BCUT2D eigenvalue weighted by atomic mass is 35.5. The van der Waals surface area contributed by atoms with E-state index in [0.717, 1.165) is 30.8 Å². The molecular formula is C13H21ClN2OS. The number of halogens is 1. The Morgan fingerprint density at radius 1 is 1.44 bits per heavy atom. The van der Waals surface area contributed by atoms with E-state index in [9.17, 15) is 4.79 Å². The fourth-order valence-electron chi connectivity index (χ4n) is 2.24. The molecule has 1 aromatic rings. The van der Waals surface area contributed by atoms with Gasteiger partial charge in [-0.05, 0) is 38.1 Å². The zero-order chi connectivity index (χ0) is 12.5. The topological polar surface area (TPSA) is 46.3 Å². The molecule has 0 bridgehead atoms. The van der Waals surface area contributed by atoms with Gasteiger partial charge in [0.25, 0.3) is 0 Å². The molecule has 1 aliphatic rings. The van der Waals surface area contributed by atoms with Gasteiger partial charge in [-0.15, -0.1) is 23.7 Å². The molecule has 1 amide bonds. The zero-order valence-corrected chi connectivity index (χ0v) is 12.5. The van der Waals surface area contributed by atoms with Crippen LogP contribution in [0.5, 0.6) is 0 Å². The van der Waals surface area contributed by atoms with Gasteiger partial charge >= 0.3 is 0 Å². The van der Waals surface area contributed by atoms with E-state index in [0.29, 0.717) is 0 Å². The maximum absolute atomic E-state index is 12.5. The molecule has 2 heterocycles. The zero-order valence-electron chi connectivity index (χ0n) is 10.9. The van der Waals surface area contributed by atoms with Crippen LogP contribution in [0.1, 0.15) is 31.6 Å². The fourth-order valence-corrected chi connectivity index (χ4v) is 3.08. The van der Waals surface area contributed by atoms with Crippen molar-refractivity contribution in [3.8, 4) is 0 Å². The van der Waals surface area contributed by atoms with Gasteiger partial charge in [0, 0.05) is 24.0 Å². The van der Waals surface area contributed by atoms with Gasteiger partial charge in [0.1, 0.15) is 0 Å². The van der Waals surface area contributed by atoms with Gasteiger partial charge in [-0.2, -0.15) is 0 Å². The average molecular weight is 289 g/mol. The van der Waals surface area contributed by atoms with Crippen LogP contribution in [-0.2, 0) is 10.2 Å². The van der Waals surface area contributed by atoms with Gasteiger partial charge in [-0.3, -0.25) is 4.79 Å². The second kappa shape index (κ2) is 6.04. The second-order valence-corrected chi connectivity index (χ2v) is 6.18. The number of rotatable bonds is 2. The number of carbonyl (C=O) groups excluding carboxylic acids is 1. The number of likely N-dealkylation sites (tertiary alicyclic amines) is 1. The Morgan fingerprint density at radius 3 is 2.56 bits per heavy atom. The van der Waals surface area contributed by atoms with Crippen LogP contribution >= 0.6 is 23.7 Å². The maximum atomic E-state index is 12.5. The first-order valence-corrected chi connectivity index (χ1v) is 6.98. The van der Waals surface area contributed by atoms with Crippen LogP contribution in [-0.4, -0.2) is 29.9 Å². The summed E-state index contributed by atoms with van der Waals surface area (Å²) in [6.45, 7) is 5.62. The molecular weight excluding hydrogens is 268 g/mol. The summed E-state index contributed by atoms with van der Waals surface area (Å²) in [5, 5.41) is 2.02. The van der Waals surface area contributed by atoms with Crippen molar-refractivity contribution in [2.75, 3.05) is 13.1 Å². The molecule has 0 atom stereocenters. The van der Waals surface area contributed by atoms with Gasteiger partial charge in [-0.1, -0.05) is 6.07 Å². The van der Waals surface area contributed by atoms with Crippen molar-refractivity contribution in [3.63, 3.8) is 0 Å². The molecule has 102 valence electrons. The first-order chi connectivity index (χ1) is 8.01. The van der Waals surface area contributed by atoms with Gasteiger partial charge in [-0.25, -0.2) is 0 Å². The lowest BCUT2D eigenvalue weighted by atomic mass is 9.88. The number of nitrogens with two attached hydrogens (primary N) is 1. The summed E-state index contributed by atoms with van der Waals surface area (Å²) in [6.07, 6.45) is 1.85. The molecule has 0 spiro atoms. The lowest BCUT2D eigenvalue weighted by Gasteiger charge is -2.35.